The smallest absolute Gasteiger partial charge is 0.228 e. The summed E-state index contributed by atoms with van der Waals surface area (Å²) in [6, 6.07) is 7.57. The van der Waals surface area contributed by atoms with E-state index in [1.807, 2.05) is 17.0 Å². The molecule has 2 atom stereocenters. The lowest BCUT2D eigenvalue weighted by atomic mass is 9.97. The van der Waals surface area contributed by atoms with Gasteiger partial charge in [-0.1, -0.05) is 18.5 Å². The van der Waals surface area contributed by atoms with Crippen LogP contribution in [0.3, 0.4) is 0 Å². The first kappa shape index (κ1) is 16.3. The number of rotatable bonds is 3. The Kier molecular flexibility index (Phi) is 4.90. The molecule has 1 aromatic rings. The summed E-state index contributed by atoms with van der Waals surface area (Å²) >= 11 is 5.90. The lowest BCUT2D eigenvalue weighted by molar-refractivity contribution is -0.139. The molecule has 0 unspecified atom stereocenters. The predicted molar refractivity (Wildman–Crippen MR) is 91.6 cm³/mol. The molecule has 2 saturated heterocycles. The topological polar surface area (TPSA) is 40.6 Å². The minimum atomic E-state index is -0.217. The molecule has 23 heavy (non-hydrogen) atoms. The minimum absolute atomic E-state index is 0.0238. The minimum Gasteiger partial charge on any atom is -0.339 e. The summed E-state index contributed by atoms with van der Waals surface area (Å²) in [5, 5.41) is 0.645. The third-order valence-corrected chi connectivity index (χ3v) is 5.25. The second-order valence-corrected chi connectivity index (χ2v) is 6.91. The van der Waals surface area contributed by atoms with Crippen molar-refractivity contribution in [2.24, 2.45) is 5.92 Å². The molecule has 0 spiro atoms. The third-order valence-electron chi connectivity index (χ3n) is 4.99. The molecule has 0 bridgehead atoms. The number of amides is 2. The van der Waals surface area contributed by atoms with E-state index >= 15 is 0 Å². The Labute approximate surface area is 142 Å². The number of piperidine rings is 1. The molecule has 2 aliphatic heterocycles. The lowest BCUT2D eigenvalue weighted by Crippen LogP contribution is -2.46. The Morgan fingerprint density at radius 2 is 2.00 bits per heavy atom. The van der Waals surface area contributed by atoms with Gasteiger partial charge in [-0.15, -0.1) is 0 Å². The summed E-state index contributed by atoms with van der Waals surface area (Å²) in [7, 11) is 0. The molecule has 2 fully saturated rings. The monoisotopic (exact) mass is 334 g/mol. The van der Waals surface area contributed by atoms with Gasteiger partial charge in [0.25, 0.3) is 0 Å². The van der Waals surface area contributed by atoms with Gasteiger partial charge < -0.3 is 9.80 Å². The van der Waals surface area contributed by atoms with Crippen LogP contribution in [0, 0.1) is 5.92 Å². The molecule has 2 heterocycles. The fraction of sp³-hybridized carbons (Fsp3) is 0.556. The van der Waals surface area contributed by atoms with Crippen LogP contribution in [0.15, 0.2) is 24.3 Å². The highest BCUT2D eigenvalue weighted by Crippen LogP contribution is 2.29. The van der Waals surface area contributed by atoms with Crippen molar-refractivity contribution in [3.8, 4) is 0 Å². The fourth-order valence-corrected chi connectivity index (χ4v) is 3.82. The first-order valence-corrected chi connectivity index (χ1v) is 8.84. The first-order valence-electron chi connectivity index (χ1n) is 8.46. The summed E-state index contributed by atoms with van der Waals surface area (Å²) in [6.07, 6.45) is 4.66. The molecule has 0 aromatic heterocycles. The number of hydrogen-bond acceptors (Lipinski definition) is 2. The maximum absolute atomic E-state index is 12.9. The van der Waals surface area contributed by atoms with Crippen molar-refractivity contribution < 1.29 is 9.59 Å². The molecule has 5 heteroatoms. The van der Waals surface area contributed by atoms with Crippen molar-refractivity contribution in [3.63, 3.8) is 0 Å². The van der Waals surface area contributed by atoms with Gasteiger partial charge >= 0.3 is 0 Å². The molecule has 0 radical (unpaired) electrons. The van der Waals surface area contributed by atoms with E-state index in [1.54, 1.807) is 17.0 Å². The molecule has 0 saturated carbocycles. The van der Waals surface area contributed by atoms with Crippen LogP contribution in [0.2, 0.25) is 5.02 Å². The zero-order valence-electron chi connectivity index (χ0n) is 13.5. The predicted octanol–water partition coefficient (Wildman–Crippen LogP) is 3.48. The van der Waals surface area contributed by atoms with Crippen molar-refractivity contribution in [1.82, 2.24) is 4.90 Å². The van der Waals surface area contributed by atoms with Crippen LogP contribution in [-0.2, 0) is 9.59 Å². The van der Waals surface area contributed by atoms with Crippen LogP contribution in [0.1, 0.15) is 39.0 Å². The number of likely N-dealkylation sites (tertiary alicyclic amines) is 1. The Balaban J connectivity index is 1.71. The largest absolute Gasteiger partial charge is 0.339 e. The van der Waals surface area contributed by atoms with Crippen molar-refractivity contribution >= 4 is 29.1 Å². The van der Waals surface area contributed by atoms with Crippen molar-refractivity contribution in [2.75, 3.05) is 18.0 Å². The van der Waals surface area contributed by atoms with E-state index < -0.39 is 0 Å². The van der Waals surface area contributed by atoms with E-state index in [0.717, 1.165) is 31.5 Å². The van der Waals surface area contributed by atoms with Crippen LogP contribution < -0.4 is 4.90 Å². The first-order chi connectivity index (χ1) is 11.1. The molecule has 0 aliphatic carbocycles. The molecule has 2 aliphatic rings. The average molecular weight is 335 g/mol. The molecule has 1 aromatic carbocycles. The second kappa shape index (κ2) is 6.91. The van der Waals surface area contributed by atoms with E-state index in [0.29, 0.717) is 24.0 Å². The van der Waals surface area contributed by atoms with E-state index in [9.17, 15) is 9.59 Å². The van der Waals surface area contributed by atoms with Gasteiger partial charge in [0.15, 0.2) is 0 Å². The standard InChI is InChI=1S/C18H23ClN2O2/c1-2-15-5-3-4-10-20(15)18(23)13-11-17(22)21(12-13)16-8-6-14(19)7-9-16/h6-9,13,15H,2-5,10-12H2,1H3/t13-,15-/m0/s1. The Morgan fingerprint density at radius 1 is 1.26 bits per heavy atom. The molecule has 3 rings (SSSR count). The van der Waals surface area contributed by atoms with Crippen LogP contribution >= 0.6 is 11.6 Å². The third kappa shape index (κ3) is 3.37. The summed E-state index contributed by atoms with van der Waals surface area (Å²) in [6.45, 7) is 3.45. The highest BCUT2D eigenvalue weighted by Gasteiger charge is 2.39. The van der Waals surface area contributed by atoms with Gasteiger partial charge in [-0.3, -0.25) is 9.59 Å². The average Bonchev–Trinajstić information content (AvgIpc) is 2.96. The second-order valence-electron chi connectivity index (χ2n) is 6.47. The van der Waals surface area contributed by atoms with Gasteiger partial charge in [0.1, 0.15) is 0 Å². The van der Waals surface area contributed by atoms with Crippen molar-refractivity contribution in [1.29, 1.82) is 0 Å². The summed E-state index contributed by atoms with van der Waals surface area (Å²) < 4.78 is 0. The Hall–Kier alpha value is -1.55. The Bertz CT molecular complexity index is 587. The van der Waals surface area contributed by atoms with Crippen molar-refractivity contribution in [3.05, 3.63) is 29.3 Å². The SMILES string of the molecule is CC[C@H]1CCCCN1C(=O)[C@H]1CC(=O)N(c2ccc(Cl)cc2)C1. The maximum Gasteiger partial charge on any atom is 0.228 e. The highest BCUT2D eigenvalue weighted by molar-refractivity contribution is 6.30. The van der Waals surface area contributed by atoms with Crippen molar-refractivity contribution in [2.45, 2.75) is 45.1 Å². The molecule has 2 amide bonds. The summed E-state index contributed by atoms with van der Waals surface area (Å²) in [5.41, 5.74) is 0.820. The highest BCUT2D eigenvalue weighted by atomic mass is 35.5. The van der Waals surface area contributed by atoms with Crippen LogP contribution in [0.25, 0.3) is 0 Å². The van der Waals surface area contributed by atoms with E-state index in [-0.39, 0.29) is 17.7 Å². The number of benzene rings is 1. The van der Waals surface area contributed by atoms with Crippen LogP contribution in [0.5, 0.6) is 0 Å². The molecular formula is C18H23ClN2O2. The number of carbonyl (C=O) groups excluding carboxylic acids is 2. The lowest BCUT2D eigenvalue weighted by Gasteiger charge is -2.36. The van der Waals surface area contributed by atoms with Gasteiger partial charge in [0, 0.05) is 36.3 Å². The quantitative estimate of drug-likeness (QED) is 0.849. The van der Waals surface area contributed by atoms with Gasteiger partial charge in [0.05, 0.1) is 5.92 Å². The number of halogens is 1. The molecular weight excluding hydrogens is 312 g/mol. The van der Waals surface area contributed by atoms with Crippen LogP contribution in [-0.4, -0.2) is 35.8 Å². The van der Waals surface area contributed by atoms with Gasteiger partial charge in [-0.25, -0.2) is 0 Å². The number of nitrogens with zero attached hydrogens (tertiary/aromatic N) is 2. The van der Waals surface area contributed by atoms with Crippen LogP contribution in [0.4, 0.5) is 5.69 Å². The summed E-state index contributed by atoms with van der Waals surface area (Å²) in [4.78, 5) is 28.9. The van der Waals surface area contributed by atoms with E-state index in [4.69, 9.17) is 11.6 Å². The maximum atomic E-state index is 12.9. The molecule has 4 nitrogen and oxygen atoms in total. The van der Waals surface area contributed by atoms with E-state index in [2.05, 4.69) is 6.92 Å². The molecule has 0 N–H and O–H groups in total. The van der Waals surface area contributed by atoms with Gasteiger partial charge in [-0.05, 0) is 49.9 Å². The number of anilines is 1. The fourth-order valence-electron chi connectivity index (χ4n) is 3.69. The normalized spacial score (nSPS) is 25.0. The zero-order chi connectivity index (χ0) is 16.4. The van der Waals surface area contributed by atoms with E-state index in [1.165, 1.54) is 6.42 Å². The number of hydrogen-bond donors (Lipinski definition) is 0. The van der Waals surface area contributed by atoms with Gasteiger partial charge in [-0.2, -0.15) is 0 Å². The molecule has 124 valence electrons. The van der Waals surface area contributed by atoms with Gasteiger partial charge in [0.2, 0.25) is 11.8 Å². The zero-order valence-corrected chi connectivity index (χ0v) is 14.3. The Morgan fingerprint density at radius 3 is 2.70 bits per heavy atom. The summed E-state index contributed by atoms with van der Waals surface area (Å²) in [5.74, 6) is -0.0394. The number of carbonyl (C=O) groups is 2.